The zero-order valence-corrected chi connectivity index (χ0v) is 7.88. The Bertz CT molecular complexity index is 264. The summed E-state index contributed by atoms with van der Waals surface area (Å²) in [5.41, 5.74) is 1.15. The molecule has 0 aliphatic carbocycles. The van der Waals surface area contributed by atoms with Crippen molar-refractivity contribution in [2.75, 3.05) is 13.7 Å². The zero-order valence-electron chi connectivity index (χ0n) is 7.88. The highest BCUT2D eigenvalue weighted by Crippen LogP contribution is 2.30. The Labute approximate surface area is 78.1 Å². The standard InChI is InChI=1S/C10H15NO2/c1-12-10-7-13-6-8(10)9-4-2-3-5-11-9/h6-7,9,11H,2-5H2,1H3/t9-/m0/s1. The van der Waals surface area contributed by atoms with Crippen LogP contribution < -0.4 is 10.1 Å². The van der Waals surface area contributed by atoms with Gasteiger partial charge in [-0.1, -0.05) is 6.42 Å². The fourth-order valence-corrected chi connectivity index (χ4v) is 1.83. The number of ether oxygens (including phenoxy) is 1. The molecule has 1 saturated heterocycles. The molecule has 1 N–H and O–H groups in total. The summed E-state index contributed by atoms with van der Waals surface area (Å²) in [6.07, 6.45) is 7.17. The topological polar surface area (TPSA) is 34.4 Å². The maximum atomic E-state index is 5.20. The largest absolute Gasteiger partial charge is 0.493 e. The van der Waals surface area contributed by atoms with Crippen LogP contribution in [0, 0.1) is 0 Å². The molecular weight excluding hydrogens is 166 g/mol. The van der Waals surface area contributed by atoms with Crippen LogP contribution in [0.15, 0.2) is 16.9 Å². The highest BCUT2D eigenvalue weighted by molar-refractivity contribution is 5.31. The van der Waals surface area contributed by atoms with Crippen LogP contribution in [0.4, 0.5) is 0 Å². The van der Waals surface area contributed by atoms with Crippen LogP contribution in [-0.2, 0) is 0 Å². The van der Waals surface area contributed by atoms with E-state index in [-0.39, 0.29) is 0 Å². The summed E-state index contributed by atoms with van der Waals surface area (Å²) < 4.78 is 10.3. The normalized spacial score (nSPS) is 23.0. The first-order valence-corrected chi connectivity index (χ1v) is 4.75. The molecule has 0 unspecified atom stereocenters. The Balaban J connectivity index is 2.13. The number of rotatable bonds is 2. The fourth-order valence-electron chi connectivity index (χ4n) is 1.83. The molecule has 2 rings (SSSR count). The number of methoxy groups -OCH3 is 1. The van der Waals surface area contributed by atoms with Crippen molar-refractivity contribution in [3.63, 3.8) is 0 Å². The first-order chi connectivity index (χ1) is 6.42. The summed E-state index contributed by atoms with van der Waals surface area (Å²) in [4.78, 5) is 0. The second-order valence-corrected chi connectivity index (χ2v) is 3.40. The lowest BCUT2D eigenvalue weighted by molar-refractivity contribution is 0.375. The van der Waals surface area contributed by atoms with E-state index in [1.54, 1.807) is 19.6 Å². The van der Waals surface area contributed by atoms with Gasteiger partial charge in [0.1, 0.15) is 6.26 Å². The number of hydrogen-bond acceptors (Lipinski definition) is 3. The molecule has 3 nitrogen and oxygen atoms in total. The maximum Gasteiger partial charge on any atom is 0.161 e. The van der Waals surface area contributed by atoms with Crippen molar-refractivity contribution in [3.8, 4) is 5.75 Å². The Morgan fingerprint density at radius 2 is 2.38 bits per heavy atom. The lowest BCUT2D eigenvalue weighted by Crippen LogP contribution is -2.26. The summed E-state index contributed by atoms with van der Waals surface area (Å²) >= 11 is 0. The summed E-state index contributed by atoms with van der Waals surface area (Å²) in [6.45, 7) is 1.10. The van der Waals surface area contributed by atoms with Gasteiger partial charge in [-0.2, -0.15) is 0 Å². The van der Waals surface area contributed by atoms with E-state index in [1.807, 2.05) is 0 Å². The number of piperidine rings is 1. The second kappa shape index (κ2) is 3.83. The molecule has 0 aromatic carbocycles. The van der Waals surface area contributed by atoms with Gasteiger partial charge in [0.25, 0.3) is 0 Å². The van der Waals surface area contributed by atoms with Crippen molar-refractivity contribution in [3.05, 3.63) is 18.1 Å². The molecule has 1 fully saturated rings. The molecule has 13 heavy (non-hydrogen) atoms. The van der Waals surface area contributed by atoms with Gasteiger partial charge in [0.2, 0.25) is 0 Å². The third kappa shape index (κ3) is 1.70. The average Bonchev–Trinajstić information content (AvgIpc) is 2.67. The smallest absolute Gasteiger partial charge is 0.161 e. The highest BCUT2D eigenvalue weighted by atomic mass is 16.5. The monoisotopic (exact) mass is 181 g/mol. The predicted molar refractivity (Wildman–Crippen MR) is 49.9 cm³/mol. The lowest BCUT2D eigenvalue weighted by atomic mass is 9.99. The third-order valence-corrected chi connectivity index (χ3v) is 2.56. The highest BCUT2D eigenvalue weighted by Gasteiger charge is 2.19. The molecule has 0 saturated carbocycles. The van der Waals surface area contributed by atoms with Gasteiger partial charge in [0, 0.05) is 11.6 Å². The van der Waals surface area contributed by atoms with E-state index in [9.17, 15) is 0 Å². The summed E-state index contributed by atoms with van der Waals surface area (Å²) in [7, 11) is 1.68. The van der Waals surface area contributed by atoms with E-state index in [2.05, 4.69) is 5.32 Å². The Hall–Kier alpha value is -0.960. The summed E-state index contributed by atoms with van der Waals surface area (Å²) in [5.74, 6) is 0.861. The minimum Gasteiger partial charge on any atom is -0.493 e. The lowest BCUT2D eigenvalue weighted by Gasteiger charge is -2.22. The summed E-state index contributed by atoms with van der Waals surface area (Å²) in [5, 5.41) is 3.46. The van der Waals surface area contributed by atoms with Gasteiger partial charge in [-0.05, 0) is 19.4 Å². The Kier molecular flexibility index (Phi) is 2.54. The van der Waals surface area contributed by atoms with E-state index >= 15 is 0 Å². The molecule has 1 aromatic rings. The number of hydrogen-bond donors (Lipinski definition) is 1. The summed E-state index contributed by atoms with van der Waals surface area (Å²) in [6, 6.07) is 0.419. The van der Waals surface area contributed by atoms with Crippen LogP contribution in [0.5, 0.6) is 5.75 Å². The van der Waals surface area contributed by atoms with Crippen LogP contribution in [0.25, 0.3) is 0 Å². The van der Waals surface area contributed by atoms with Gasteiger partial charge in [-0.15, -0.1) is 0 Å². The first kappa shape index (κ1) is 8.63. The van der Waals surface area contributed by atoms with Gasteiger partial charge >= 0.3 is 0 Å². The van der Waals surface area contributed by atoms with Crippen molar-refractivity contribution < 1.29 is 9.15 Å². The Morgan fingerprint density at radius 1 is 1.46 bits per heavy atom. The van der Waals surface area contributed by atoms with Crippen LogP contribution in [0.2, 0.25) is 0 Å². The van der Waals surface area contributed by atoms with Gasteiger partial charge in [0.05, 0.1) is 13.4 Å². The first-order valence-electron chi connectivity index (χ1n) is 4.75. The molecule has 0 radical (unpaired) electrons. The van der Waals surface area contributed by atoms with Crippen molar-refractivity contribution in [2.24, 2.45) is 0 Å². The van der Waals surface area contributed by atoms with Crippen molar-refractivity contribution >= 4 is 0 Å². The van der Waals surface area contributed by atoms with E-state index in [0.29, 0.717) is 6.04 Å². The van der Waals surface area contributed by atoms with E-state index in [4.69, 9.17) is 9.15 Å². The molecule has 1 aliphatic heterocycles. The van der Waals surface area contributed by atoms with Gasteiger partial charge < -0.3 is 14.5 Å². The van der Waals surface area contributed by atoms with Gasteiger partial charge in [-0.3, -0.25) is 0 Å². The third-order valence-electron chi connectivity index (χ3n) is 2.56. The fraction of sp³-hybridized carbons (Fsp3) is 0.600. The zero-order chi connectivity index (χ0) is 9.10. The molecular formula is C10H15NO2. The van der Waals surface area contributed by atoms with E-state index in [1.165, 1.54) is 19.3 Å². The molecule has 2 heterocycles. The molecule has 0 amide bonds. The van der Waals surface area contributed by atoms with Crippen LogP contribution in [-0.4, -0.2) is 13.7 Å². The number of nitrogens with one attached hydrogen (secondary N) is 1. The number of furan rings is 1. The molecule has 1 atom stereocenters. The second-order valence-electron chi connectivity index (χ2n) is 3.40. The minimum atomic E-state index is 0.419. The van der Waals surface area contributed by atoms with Crippen molar-refractivity contribution in [1.82, 2.24) is 5.32 Å². The van der Waals surface area contributed by atoms with Crippen LogP contribution in [0.1, 0.15) is 30.9 Å². The SMILES string of the molecule is COc1cocc1[C@@H]1CCCCN1. The quantitative estimate of drug-likeness (QED) is 0.758. The maximum absolute atomic E-state index is 5.20. The predicted octanol–water partition coefficient (Wildman–Crippen LogP) is 2.10. The molecule has 0 spiro atoms. The van der Waals surface area contributed by atoms with Gasteiger partial charge in [0.15, 0.2) is 5.75 Å². The van der Waals surface area contributed by atoms with Crippen LogP contribution in [0.3, 0.4) is 0 Å². The molecule has 72 valence electrons. The molecule has 1 aromatic heterocycles. The van der Waals surface area contributed by atoms with Crippen molar-refractivity contribution in [2.45, 2.75) is 25.3 Å². The van der Waals surface area contributed by atoms with E-state index in [0.717, 1.165) is 17.9 Å². The van der Waals surface area contributed by atoms with Crippen LogP contribution >= 0.6 is 0 Å². The molecule has 1 aliphatic rings. The molecule has 0 bridgehead atoms. The van der Waals surface area contributed by atoms with Crippen molar-refractivity contribution in [1.29, 1.82) is 0 Å². The minimum absolute atomic E-state index is 0.419. The van der Waals surface area contributed by atoms with E-state index < -0.39 is 0 Å². The Morgan fingerprint density at radius 3 is 3.08 bits per heavy atom. The van der Waals surface area contributed by atoms with Gasteiger partial charge in [-0.25, -0.2) is 0 Å². The molecule has 3 heteroatoms. The average molecular weight is 181 g/mol.